The van der Waals surface area contributed by atoms with E-state index in [1.807, 2.05) is 0 Å². The molecule has 0 radical (unpaired) electrons. The van der Waals surface area contributed by atoms with Crippen molar-refractivity contribution in [1.82, 2.24) is 0 Å². The Bertz CT molecular complexity index is 379. The molecule has 1 amide bonds. The summed E-state index contributed by atoms with van der Waals surface area (Å²) in [6.07, 6.45) is -4.47. The van der Waals surface area contributed by atoms with Crippen LogP contribution in [0.2, 0.25) is 0 Å². The Morgan fingerprint density at radius 1 is 1.31 bits per heavy atom. The van der Waals surface area contributed by atoms with Crippen LogP contribution in [0.25, 0.3) is 0 Å². The van der Waals surface area contributed by atoms with Gasteiger partial charge >= 0.3 is 6.36 Å². The molecule has 4 nitrogen and oxygen atoms in total. The third kappa shape index (κ3) is 3.34. The highest BCUT2D eigenvalue weighted by atomic mass is 19.4. The van der Waals surface area contributed by atoms with Crippen LogP contribution >= 0.6 is 0 Å². The summed E-state index contributed by atoms with van der Waals surface area (Å²) in [7, 11) is 1.21. The molecule has 0 spiro atoms. The summed E-state index contributed by atoms with van der Waals surface area (Å²) in [5.41, 5.74) is 0.176. The van der Waals surface area contributed by atoms with Crippen molar-refractivity contribution in [1.29, 1.82) is 0 Å². The van der Waals surface area contributed by atoms with Gasteiger partial charge in [0, 0.05) is 11.8 Å². The van der Waals surface area contributed by atoms with E-state index in [1.54, 1.807) is 0 Å². The van der Waals surface area contributed by atoms with E-state index >= 15 is 0 Å². The molecule has 16 heavy (non-hydrogen) atoms. The molecule has 1 aromatic carbocycles. The average molecular weight is 235 g/mol. The third-order valence-electron chi connectivity index (χ3n) is 1.61. The van der Waals surface area contributed by atoms with Crippen molar-refractivity contribution >= 4 is 12.1 Å². The molecular formula is C9H8F3NO3. The van der Waals surface area contributed by atoms with Gasteiger partial charge in [0.1, 0.15) is 0 Å². The maximum Gasteiger partial charge on any atom is 0.573 e. The summed E-state index contributed by atoms with van der Waals surface area (Å²) in [5, 5.41) is 2.20. The number of methoxy groups -OCH3 is 1. The number of nitrogens with one attached hydrogen (secondary N) is 1. The van der Waals surface area contributed by atoms with E-state index in [2.05, 4.69) is 14.8 Å². The van der Waals surface area contributed by atoms with Crippen LogP contribution in [0.5, 0.6) is 11.5 Å². The molecule has 0 aromatic heterocycles. The van der Waals surface area contributed by atoms with E-state index in [0.717, 1.165) is 6.07 Å². The largest absolute Gasteiger partial charge is 0.573 e. The van der Waals surface area contributed by atoms with Crippen LogP contribution in [0.1, 0.15) is 0 Å². The van der Waals surface area contributed by atoms with Crippen molar-refractivity contribution in [3.8, 4) is 11.5 Å². The van der Waals surface area contributed by atoms with Gasteiger partial charge in [-0.1, -0.05) is 0 Å². The molecule has 0 saturated carbocycles. The second kappa shape index (κ2) is 4.73. The third-order valence-corrected chi connectivity index (χ3v) is 1.61. The maximum absolute atomic E-state index is 12.0. The Kier molecular flexibility index (Phi) is 3.60. The van der Waals surface area contributed by atoms with Gasteiger partial charge in [0.2, 0.25) is 6.41 Å². The highest BCUT2D eigenvalue weighted by molar-refractivity contribution is 5.72. The first-order valence-corrected chi connectivity index (χ1v) is 4.10. The molecule has 0 unspecified atom stereocenters. The highest BCUT2D eigenvalue weighted by Crippen LogP contribution is 2.34. The lowest BCUT2D eigenvalue weighted by Crippen LogP contribution is -2.17. The van der Waals surface area contributed by atoms with Gasteiger partial charge in [-0.25, -0.2) is 0 Å². The van der Waals surface area contributed by atoms with Gasteiger partial charge in [0.25, 0.3) is 0 Å². The minimum Gasteiger partial charge on any atom is -0.493 e. The van der Waals surface area contributed by atoms with E-state index < -0.39 is 12.1 Å². The zero-order chi connectivity index (χ0) is 12.2. The maximum atomic E-state index is 12.0. The lowest BCUT2D eigenvalue weighted by molar-refractivity contribution is -0.275. The Labute approximate surface area is 89.0 Å². The van der Waals surface area contributed by atoms with E-state index in [9.17, 15) is 18.0 Å². The number of anilines is 1. The Morgan fingerprint density at radius 3 is 2.50 bits per heavy atom. The van der Waals surface area contributed by atoms with Gasteiger partial charge in [0.15, 0.2) is 11.5 Å². The number of halogens is 3. The molecule has 0 aliphatic rings. The molecule has 0 fully saturated rings. The van der Waals surface area contributed by atoms with E-state index in [0.29, 0.717) is 6.41 Å². The van der Waals surface area contributed by atoms with Crippen molar-refractivity contribution < 1.29 is 27.4 Å². The van der Waals surface area contributed by atoms with Crippen molar-refractivity contribution in [3.05, 3.63) is 18.2 Å². The molecule has 1 aromatic rings. The van der Waals surface area contributed by atoms with Crippen molar-refractivity contribution in [2.45, 2.75) is 6.36 Å². The van der Waals surface area contributed by atoms with E-state index in [-0.39, 0.29) is 11.4 Å². The molecule has 0 aliphatic carbocycles. The van der Waals surface area contributed by atoms with Crippen LogP contribution in [0.15, 0.2) is 18.2 Å². The molecule has 7 heteroatoms. The number of amides is 1. The number of rotatable bonds is 4. The smallest absolute Gasteiger partial charge is 0.493 e. The minimum atomic E-state index is -4.81. The van der Waals surface area contributed by atoms with Gasteiger partial charge in [-0.2, -0.15) is 0 Å². The molecular weight excluding hydrogens is 227 g/mol. The Morgan fingerprint density at radius 2 is 2.00 bits per heavy atom. The zero-order valence-electron chi connectivity index (χ0n) is 8.17. The molecule has 0 saturated heterocycles. The molecule has 1 rings (SSSR count). The standard InChI is InChI=1S/C9H8F3NO3/c1-15-7-3-2-6(13-5-14)4-8(7)16-9(10,11)12/h2-5H,1H3,(H,13,14). The van der Waals surface area contributed by atoms with Crippen molar-refractivity contribution in [2.24, 2.45) is 0 Å². The fourth-order valence-corrected chi connectivity index (χ4v) is 1.04. The van der Waals surface area contributed by atoms with Crippen LogP contribution in [0.4, 0.5) is 18.9 Å². The first-order valence-electron chi connectivity index (χ1n) is 4.10. The topological polar surface area (TPSA) is 47.6 Å². The van der Waals surface area contributed by atoms with Crippen molar-refractivity contribution in [2.75, 3.05) is 12.4 Å². The molecule has 88 valence electrons. The monoisotopic (exact) mass is 235 g/mol. The fraction of sp³-hybridized carbons (Fsp3) is 0.222. The van der Waals surface area contributed by atoms with Crippen LogP contribution in [0, 0.1) is 0 Å². The van der Waals surface area contributed by atoms with Crippen LogP contribution in [-0.2, 0) is 4.79 Å². The molecule has 0 aliphatic heterocycles. The number of ether oxygens (including phenoxy) is 2. The van der Waals surface area contributed by atoms with Gasteiger partial charge in [-0.05, 0) is 12.1 Å². The van der Waals surface area contributed by atoms with Crippen LogP contribution in [-0.4, -0.2) is 19.9 Å². The number of carbonyl (C=O) groups is 1. The van der Waals surface area contributed by atoms with Gasteiger partial charge in [-0.3, -0.25) is 4.79 Å². The van der Waals surface area contributed by atoms with E-state index in [1.165, 1.54) is 19.2 Å². The Hall–Kier alpha value is -1.92. The van der Waals surface area contributed by atoms with Crippen LogP contribution < -0.4 is 14.8 Å². The quantitative estimate of drug-likeness (QED) is 0.813. The predicted octanol–water partition coefficient (Wildman–Crippen LogP) is 2.16. The SMILES string of the molecule is COc1ccc(NC=O)cc1OC(F)(F)F. The summed E-state index contributed by atoms with van der Waals surface area (Å²) in [5.74, 6) is -0.587. The number of hydrogen-bond acceptors (Lipinski definition) is 3. The van der Waals surface area contributed by atoms with E-state index in [4.69, 9.17) is 0 Å². The first-order chi connectivity index (χ1) is 7.46. The molecule has 0 bridgehead atoms. The van der Waals surface area contributed by atoms with Crippen LogP contribution in [0.3, 0.4) is 0 Å². The molecule has 0 heterocycles. The number of carbonyl (C=O) groups excluding carboxylic acids is 1. The molecule has 0 atom stereocenters. The second-order valence-electron chi connectivity index (χ2n) is 2.68. The lowest BCUT2D eigenvalue weighted by atomic mass is 10.3. The van der Waals surface area contributed by atoms with Gasteiger partial charge < -0.3 is 14.8 Å². The average Bonchev–Trinajstić information content (AvgIpc) is 2.16. The summed E-state index contributed by atoms with van der Waals surface area (Å²) < 4.78 is 44.4. The van der Waals surface area contributed by atoms with Crippen molar-refractivity contribution in [3.63, 3.8) is 0 Å². The minimum absolute atomic E-state index is 0.0752. The summed E-state index contributed by atoms with van der Waals surface area (Å²) in [4.78, 5) is 10.1. The van der Waals surface area contributed by atoms with Gasteiger partial charge in [0.05, 0.1) is 7.11 Å². The highest BCUT2D eigenvalue weighted by Gasteiger charge is 2.32. The fourth-order valence-electron chi connectivity index (χ4n) is 1.04. The summed E-state index contributed by atoms with van der Waals surface area (Å²) >= 11 is 0. The normalized spacial score (nSPS) is 10.8. The second-order valence-corrected chi connectivity index (χ2v) is 2.68. The summed E-state index contributed by atoms with van der Waals surface area (Å²) in [6, 6.07) is 3.66. The molecule has 1 N–H and O–H groups in total. The Balaban J connectivity index is 3.01. The summed E-state index contributed by atoms with van der Waals surface area (Å²) in [6.45, 7) is 0. The lowest BCUT2D eigenvalue weighted by Gasteiger charge is -2.13. The number of hydrogen-bond donors (Lipinski definition) is 1. The van der Waals surface area contributed by atoms with Gasteiger partial charge in [-0.15, -0.1) is 13.2 Å². The first kappa shape index (κ1) is 12.2. The zero-order valence-corrected chi connectivity index (χ0v) is 8.17. The number of benzene rings is 1. The predicted molar refractivity (Wildman–Crippen MR) is 49.4 cm³/mol. The number of alkyl halides is 3.